The SMILES string of the molecule is CC(C)C(C)(C)CCC(C)(C)C. The van der Waals surface area contributed by atoms with E-state index in [2.05, 4.69) is 48.5 Å². The summed E-state index contributed by atoms with van der Waals surface area (Å²) in [4.78, 5) is 0. The fourth-order valence-corrected chi connectivity index (χ4v) is 0.986. The van der Waals surface area contributed by atoms with Gasteiger partial charge in [-0.2, -0.15) is 0 Å². The summed E-state index contributed by atoms with van der Waals surface area (Å²) >= 11 is 0. The summed E-state index contributed by atoms with van der Waals surface area (Å²) in [6.45, 7) is 16.4. The molecule has 0 aromatic carbocycles. The molecule has 0 saturated heterocycles. The van der Waals surface area contributed by atoms with Crippen molar-refractivity contribution in [2.45, 2.75) is 61.3 Å². The second-order valence-corrected chi connectivity index (χ2v) is 6.20. The van der Waals surface area contributed by atoms with Gasteiger partial charge in [0.2, 0.25) is 0 Å². The fraction of sp³-hybridized carbons (Fsp3) is 1.00. The molecule has 0 saturated carbocycles. The van der Waals surface area contributed by atoms with E-state index >= 15 is 0 Å². The molecule has 0 atom stereocenters. The van der Waals surface area contributed by atoms with Gasteiger partial charge in [0.1, 0.15) is 0 Å². The minimum atomic E-state index is 0.492. The predicted molar refractivity (Wildman–Crippen MR) is 57.3 cm³/mol. The molecule has 0 bridgehead atoms. The van der Waals surface area contributed by atoms with Crippen LogP contribution in [0.15, 0.2) is 0 Å². The van der Waals surface area contributed by atoms with Gasteiger partial charge in [0.15, 0.2) is 0 Å². The smallest absolute Gasteiger partial charge is 0.0331 e. The van der Waals surface area contributed by atoms with Crippen LogP contribution in [0, 0.1) is 16.7 Å². The lowest BCUT2D eigenvalue weighted by Crippen LogP contribution is -2.21. The molecule has 0 aliphatic rings. The van der Waals surface area contributed by atoms with Crippen LogP contribution in [-0.2, 0) is 0 Å². The van der Waals surface area contributed by atoms with E-state index in [9.17, 15) is 0 Å². The molecule has 0 heterocycles. The summed E-state index contributed by atoms with van der Waals surface area (Å²) in [5, 5.41) is 0. The lowest BCUT2D eigenvalue weighted by molar-refractivity contribution is 0.189. The molecule has 0 aliphatic carbocycles. The van der Waals surface area contributed by atoms with Gasteiger partial charge < -0.3 is 0 Å². The average Bonchev–Trinajstić information content (AvgIpc) is 1.82. The van der Waals surface area contributed by atoms with Crippen LogP contribution in [0.4, 0.5) is 0 Å². The van der Waals surface area contributed by atoms with Crippen LogP contribution in [0.25, 0.3) is 0 Å². The normalized spacial score (nSPS) is 14.0. The number of hydrogen-bond donors (Lipinski definition) is 0. The topological polar surface area (TPSA) is 0 Å². The highest BCUT2D eigenvalue weighted by Gasteiger charge is 2.24. The van der Waals surface area contributed by atoms with E-state index in [4.69, 9.17) is 0 Å². The second kappa shape index (κ2) is 3.81. The summed E-state index contributed by atoms with van der Waals surface area (Å²) in [6.07, 6.45) is 2.67. The number of rotatable bonds is 3. The van der Waals surface area contributed by atoms with Crippen LogP contribution in [-0.4, -0.2) is 0 Å². The maximum absolute atomic E-state index is 2.38. The maximum atomic E-state index is 2.38. The van der Waals surface area contributed by atoms with Crippen LogP contribution >= 0.6 is 0 Å². The van der Waals surface area contributed by atoms with Crippen molar-refractivity contribution in [3.63, 3.8) is 0 Å². The Kier molecular flexibility index (Phi) is 3.81. The van der Waals surface area contributed by atoms with E-state index in [0.29, 0.717) is 10.8 Å². The molecule has 0 unspecified atom stereocenters. The summed E-state index contributed by atoms with van der Waals surface area (Å²) < 4.78 is 0. The highest BCUT2D eigenvalue weighted by molar-refractivity contribution is 4.75. The third-order valence-corrected chi connectivity index (χ3v) is 3.08. The fourth-order valence-electron chi connectivity index (χ4n) is 0.986. The zero-order valence-corrected chi connectivity index (χ0v) is 9.99. The predicted octanol–water partition coefficient (Wildman–Crippen LogP) is 4.49. The van der Waals surface area contributed by atoms with Gasteiger partial charge in [-0.3, -0.25) is 0 Å². The molecule has 0 aromatic heterocycles. The van der Waals surface area contributed by atoms with E-state index in [1.165, 1.54) is 12.8 Å². The van der Waals surface area contributed by atoms with Crippen molar-refractivity contribution in [2.24, 2.45) is 16.7 Å². The van der Waals surface area contributed by atoms with Gasteiger partial charge in [-0.1, -0.05) is 48.5 Å². The molecular weight excluding hydrogens is 144 g/mol. The lowest BCUT2D eigenvalue weighted by atomic mass is 9.74. The van der Waals surface area contributed by atoms with Gasteiger partial charge in [-0.15, -0.1) is 0 Å². The summed E-state index contributed by atoms with van der Waals surface area (Å²) in [5.74, 6) is 0.792. The van der Waals surface area contributed by atoms with Crippen molar-refractivity contribution in [1.29, 1.82) is 0 Å². The van der Waals surface area contributed by atoms with Crippen molar-refractivity contribution in [1.82, 2.24) is 0 Å². The molecule has 0 fully saturated rings. The van der Waals surface area contributed by atoms with Crippen LogP contribution in [0.1, 0.15) is 61.3 Å². The molecule has 0 heteroatoms. The van der Waals surface area contributed by atoms with Gasteiger partial charge in [0, 0.05) is 0 Å². The van der Waals surface area contributed by atoms with Crippen molar-refractivity contribution in [3.05, 3.63) is 0 Å². The number of hydrogen-bond acceptors (Lipinski definition) is 0. The van der Waals surface area contributed by atoms with Crippen molar-refractivity contribution in [2.75, 3.05) is 0 Å². The van der Waals surface area contributed by atoms with Crippen LogP contribution < -0.4 is 0 Å². The highest BCUT2D eigenvalue weighted by atomic mass is 14.3. The van der Waals surface area contributed by atoms with Crippen LogP contribution in [0.3, 0.4) is 0 Å². The van der Waals surface area contributed by atoms with Gasteiger partial charge in [-0.05, 0) is 29.6 Å². The second-order valence-electron chi connectivity index (χ2n) is 6.20. The summed E-state index contributed by atoms with van der Waals surface area (Å²) in [6, 6.07) is 0. The van der Waals surface area contributed by atoms with Gasteiger partial charge in [0.05, 0.1) is 0 Å². The maximum Gasteiger partial charge on any atom is -0.0331 e. The van der Waals surface area contributed by atoms with E-state index in [1.54, 1.807) is 0 Å². The third-order valence-electron chi connectivity index (χ3n) is 3.08. The zero-order valence-electron chi connectivity index (χ0n) is 9.99. The van der Waals surface area contributed by atoms with Crippen molar-refractivity contribution >= 4 is 0 Å². The molecule has 0 amide bonds. The van der Waals surface area contributed by atoms with E-state index < -0.39 is 0 Å². The Hall–Kier alpha value is 0. The summed E-state index contributed by atoms with van der Waals surface area (Å²) in [7, 11) is 0. The first-order valence-electron chi connectivity index (χ1n) is 5.15. The Balaban J connectivity index is 3.93. The minimum Gasteiger partial charge on any atom is -0.0623 e. The molecule has 0 aromatic rings. The molecule has 0 aliphatic heterocycles. The Morgan fingerprint density at radius 3 is 1.50 bits per heavy atom. The zero-order chi connectivity index (χ0) is 9.99. The van der Waals surface area contributed by atoms with Crippen LogP contribution in [0.2, 0.25) is 0 Å². The van der Waals surface area contributed by atoms with Gasteiger partial charge >= 0.3 is 0 Å². The Labute approximate surface area is 78.8 Å². The molecule has 74 valence electrons. The first-order chi connectivity index (χ1) is 5.15. The minimum absolute atomic E-state index is 0.492. The molecule has 0 radical (unpaired) electrons. The standard InChI is InChI=1S/C12H26/c1-10(2)12(6,7)9-8-11(3,4)5/h10H,8-9H2,1-7H3. The molecular formula is C12H26. The van der Waals surface area contributed by atoms with Gasteiger partial charge in [0.25, 0.3) is 0 Å². The molecule has 0 spiro atoms. The average molecular weight is 170 g/mol. The van der Waals surface area contributed by atoms with Crippen molar-refractivity contribution < 1.29 is 0 Å². The first kappa shape index (κ1) is 12.0. The Morgan fingerprint density at radius 2 is 1.25 bits per heavy atom. The van der Waals surface area contributed by atoms with E-state index in [1.807, 2.05) is 0 Å². The monoisotopic (exact) mass is 170 g/mol. The lowest BCUT2D eigenvalue weighted by Gasteiger charge is -2.32. The van der Waals surface area contributed by atoms with E-state index in [0.717, 1.165) is 5.92 Å². The largest absolute Gasteiger partial charge is 0.0623 e. The first-order valence-corrected chi connectivity index (χ1v) is 5.15. The Morgan fingerprint density at radius 1 is 0.833 bits per heavy atom. The van der Waals surface area contributed by atoms with Gasteiger partial charge in [-0.25, -0.2) is 0 Å². The quantitative estimate of drug-likeness (QED) is 0.585. The van der Waals surface area contributed by atoms with Crippen molar-refractivity contribution in [3.8, 4) is 0 Å². The Bertz CT molecular complexity index is 123. The third kappa shape index (κ3) is 4.79. The van der Waals surface area contributed by atoms with E-state index in [-0.39, 0.29) is 0 Å². The summed E-state index contributed by atoms with van der Waals surface area (Å²) in [5.41, 5.74) is 0.999. The molecule has 0 nitrogen and oxygen atoms in total. The van der Waals surface area contributed by atoms with Crippen LogP contribution in [0.5, 0.6) is 0 Å². The highest BCUT2D eigenvalue weighted by Crippen LogP contribution is 2.35. The molecule has 12 heavy (non-hydrogen) atoms. The molecule has 0 rings (SSSR count). The molecule has 0 N–H and O–H groups in total.